The van der Waals surface area contributed by atoms with Crippen molar-refractivity contribution in [3.05, 3.63) is 66.7 Å². The van der Waals surface area contributed by atoms with Gasteiger partial charge in [0.15, 0.2) is 11.6 Å². The summed E-state index contributed by atoms with van der Waals surface area (Å²) in [5.41, 5.74) is 2.41. The predicted octanol–water partition coefficient (Wildman–Crippen LogP) is 4.02. The van der Waals surface area contributed by atoms with Crippen molar-refractivity contribution >= 4 is 56.5 Å². The van der Waals surface area contributed by atoms with Crippen molar-refractivity contribution < 1.29 is 22.7 Å². The van der Waals surface area contributed by atoms with E-state index in [1.165, 1.54) is 0 Å². The van der Waals surface area contributed by atoms with Crippen LogP contribution >= 0.6 is 0 Å². The van der Waals surface area contributed by atoms with E-state index in [1.54, 1.807) is 68.8 Å². The largest absolute Gasteiger partial charge is 0.497 e. The fraction of sp³-hybridized carbons (Fsp3) is 0.323. The van der Waals surface area contributed by atoms with E-state index in [1.807, 2.05) is 12.1 Å². The molecule has 0 aliphatic carbocycles. The topological polar surface area (TPSA) is 129 Å². The molecule has 1 saturated heterocycles. The molecule has 3 aromatic carbocycles. The second kappa shape index (κ2) is 13.9. The molecule has 4 aromatic rings. The highest BCUT2D eigenvalue weighted by Crippen LogP contribution is 2.35. The van der Waals surface area contributed by atoms with Gasteiger partial charge in [-0.15, -0.1) is 0 Å². The van der Waals surface area contributed by atoms with Gasteiger partial charge in [-0.25, -0.2) is 22.7 Å². The fourth-order valence-electron chi connectivity index (χ4n) is 5.25. The summed E-state index contributed by atoms with van der Waals surface area (Å²) in [6, 6.07) is 19.6. The third-order valence-electron chi connectivity index (χ3n) is 7.56. The zero-order chi connectivity index (χ0) is 31.2. The number of hydrogen-bond acceptors (Lipinski definition) is 10. The van der Waals surface area contributed by atoms with Gasteiger partial charge >= 0.3 is 0 Å². The fourth-order valence-corrected chi connectivity index (χ4v) is 5.85. The lowest BCUT2D eigenvalue weighted by Crippen LogP contribution is -2.44. The highest BCUT2D eigenvalue weighted by atomic mass is 32.2. The average Bonchev–Trinajstić information content (AvgIpc) is 3.01. The molecule has 1 aromatic heterocycles. The molecule has 232 valence electrons. The standard InChI is InChI=1S/C31H37N7O5S/c1-36(2)23-12-14-37(15-13-23)20-29(39)32-21-8-7-9-24(16-21)38(44(40)41)31-30(34-27-10-5-6-11-28(27)35-31)33-22-17-25(42-3)19-26(18-22)43-4/h5-11,16-19,23,44H,12-15,20H2,1-4H3,(H,32,39)(H,33,34). The van der Waals surface area contributed by atoms with Gasteiger partial charge < -0.3 is 25.0 Å². The summed E-state index contributed by atoms with van der Waals surface area (Å²) in [5.74, 6) is 1.18. The Morgan fingerprint density at radius 2 is 1.57 bits per heavy atom. The number of carbonyl (C=O) groups is 1. The first-order valence-corrected chi connectivity index (χ1v) is 15.4. The highest BCUT2D eigenvalue weighted by Gasteiger charge is 2.24. The maximum Gasteiger partial charge on any atom is 0.238 e. The van der Waals surface area contributed by atoms with Gasteiger partial charge in [0.1, 0.15) is 11.5 Å². The third kappa shape index (κ3) is 7.36. The number of thiol groups is 1. The van der Waals surface area contributed by atoms with Crippen molar-refractivity contribution in [2.24, 2.45) is 0 Å². The van der Waals surface area contributed by atoms with Crippen molar-refractivity contribution in [3.63, 3.8) is 0 Å². The quantitative estimate of drug-likeness (QED) is 0.212. The zero-order valence-electron chi connectivity index (χ0n) is 25.2. The van der Waals surface area contributed by atoms with E-state index in [2.05, 4.69) is 34.5 Å². The molecule has 0 bridgehead atoms. The molecule has 2 heterocycles. The Balaban J connectivity index is 1.44. The van der Waals surface area contributed by atoms with E-state index in [9.17, 15) is 13.2 Å². The smallest absolute Gasteiger partial charge is 0.238 e. The monoisotopic (exact) mass is 619 g/mol. The Morgan fingerprint density at radius 1 is 0.909 bits per heavy atom. The number of nitrogens with one attached hydrogen (secondary N) is 2. The average molecular weight is 620 g/mol. The molecule has 0 saturated carbocycles. The van der Waals surface area contributed by atoms with Gasteiger partial charge in [-0.05, 0) is 57.3 Å². The second-order valence-electron chi connectivity index (χ2n) is 10.7. The van der Waals surface area contributed by atoms with E-state index in [0.717, 1.165) is 30.2 Å². The van der Waals surface area contributed by atoms with Crippen molar-refractivity contribution in [2.75, 3.05) is 62.9 Å². The molecule has 0 unspecified atom stereocenters. The Kier molecular flexibility index (Phi) is 9.78. The summed E-state index contributed by atoms with van der Waals surface area (Å²) in [7, 11) is 4.03. The molecule has 1 fully saturated rings. The highest BCUT2D eigenvalue weighted by molar-refractivity contribution is 7.74. The van der Waals surface area contributed by atoms with Crippen molar-refractivity contribution in [3.8, 4) is 11.5 Å². The number of likely N-dealkylation sites (tertiary alicyclic amines) is 1. The van der Waals surface area contributed by atoms with E-state index in [4.69, 9.17) is 19.4 Å². The SMILES string of the molecule is COc1cc(Nc2nc3ccccc3nc2N(c2cccc(NC(=O)CN3CCC(N(C)C)CC3)c2)[SH](=O)=O)cc(OC)c1. The van der Waals surface area contributed by atoms with Crippen LogP contribution in [0, 0.1) is 0 Å². The number of carbonyl (C=O) groups excluding carboxylic acids is 1. The molecule has 1 aliphatic heterocycles. The lowest BCUT2D eigenvalue weighted by molar-refractivity contribution is -0.117. The van der Waals surface area contributed by atoms with Crippen LogP contribution in [0.25, 0.3) is 11.0 Å². The van der Waals surface area contributed by atoms with E-state index in [-0.39, 0.29) is 24.1 Å². The number of nitrogens with zero attached hydrogens (tertiary/aromatic N) is 5. The van der Waals surface area contributed by atoms with Gasteiger partial charge in [-0.3, -0.25) is 9.69 Å². The zero-order valence-corrected chi connectivity index (χ0v) is 26.1. The number of fused-ring (bicyclic) bond motifs is 1. The van der Waals surface area contributed by atoms with E-state index < -0.39 is 10.9 Å². The van der Waals surface area contributed by atoms with Crippen molar-refractivity contribution in [1.82, 2.24) is 19.8 Å². The lowest BCUT2D eigenvalue weighted by atomic mass is 10.0. The Hall–Kier alpha value is -4.46. The van der Waals surface area contributed by atoms with Gasteiger partial charge in [0, 0.05) is 48.7 Å². The van der Waals surface area contributed by atoms with Crippen LogP contribution in [0.3, 0.4) is 0 Å². The molecule has 0 atom stereocenters. The summed E-state index contributed by atoms with van der Waals surface area (Å²) in [6.45, 7) is 1.95. The summed E-state index contributed by atoms with van der Waals surface area (Å²) < 4.78 is 37.6. The summed E-state index contributed by atoms with van der Waals surface area (Å²) in [5, 5.41) is 6.12. The number of para-hydroxylation sites is 2. The van der Waals surface area contributed by atoms with Crippen molar-refractivity contribution in [1.29, 1.82) is 0 Å². The molecule has 13 heteroatoms. The number of aromatic nitrogens is 2. The first-order chi connectivity index (χ1) is 21.2. The molecule has 2 N–H and O–H groups in total. The number of ether oxygens (including phenoxy) is 2. The van der Waals surface area contributed by atoms with Crippen LogP contribution in [0.1, 0.15) is 12.8 Å². The molecule has 1 amide bonds. The molecule has 12 nitrogen and oxygen atoms in total. The van der Waals surface area contributed by atoms with Crippen molar-refractivity contribution in [2.45, 2.75) is 18.9 Å². The number of amides is 1. The number of benzene rings is 3. The molecular formula is C31H37N7O5S. The van der Waals surface area contributed by atoms with Crippen LogP contribution in [0.2, 0.25) is 0 Å². The molecule has 0 spiro atoms. The van der Waals surface area contributed by atoms with Crippen LogP contribution in [-0.4, -0.2) is 88.1 Å². The Bertz CT molecular complexity index is 1680. The second-order valence-corrected chi connectivity index (χ2v) is 11.6. The predicted molar refractivity (Wildman–Crippen MR) is 173 cm³/mol. The van der Waals surface area contributed by atoms with Gasteiger partial charge in [0.05, 0.1) is 37.5 Å². The van der Waals surface area contributed by atoms with E-state index >= 15 is 0 Å². The summed E-state index contributed by atoms with van der Waals surface area (Å²) in [6.07, 6.45) is 2.01. The third-order valence-corrected chi connectivity index (χ3v) is 8.31. The number of methoxy groups -OCH3 is 2. The maximum absolute atomic E-state index is 12.9. The summed E-state index contributed by atoms with van der Waals surface area (Å²) in [4.78, 5) is 26.7. The van der Waals surface area contributed by atoms with Crippen LogP contribution in [0.5, 0.6) is 11.5 Å². The van der Waals surface area contributed by atoms with Gasteiger partial charge in [-0.1, -0.05) is 18.2 Å². The number of anilines is 5. The first kappa shape index (κ1) is 31.0. The number of piperidine rings is 1. The number of rotatable bonds is 11. The van der Waals surface area contributed by atoms with Crippen LogP contribution in [0.4, 0.5) is 28.7 Å². The van der Waals surface area contributed by atoms with Crippen LogP contribution in [-0.2, 0) is 15.7 Å². The minimum Gasteiger partial charge on any atom is -0.497 e. The normalized spacial score (nSPS) is 14.1. The molecule has 1 aliphatic rings. The summed E-state index contributed by atoms with van der Waals surface area (Å²) >= 11 is 0. The lowest BCUT2D eigenvalue weighted by Gasteiger charge is -2.34. The molecule has 5 rings (SSSR count). The molecule has 0 radical (unpaired) electrons. The van der Waals surface area contributed by atoms with Crippen LogP contribution in [0.15, 0.2) is 66.7 Å². The first-order valence-electron chi connectivity index (χ1n) is 14.2. The van der Waals surface area contributed by atoms with Gasteiger partial charge in [0.2, 0.25) is 16.8 Å². The number of hydrogen-bond donors (Lipinski definition) is 3. The molecular weight excluding hydrogens is 582 g/mol. The minimum absolute atomic E-state index is 0.0637. The Labute approximate surface area is 258 Å². The van der Waals surface area contributed by atoms with E-state index in [0.29, 0.717) is 45.6 Å². The van der Waals surface area contributed by atoms with Crippen LogP contribution < -0.4 is 24.4 Å². The minimum atomic E-state index is -3.22. The Morgan fingerprint density at radius 3 is 2.18 bits per heavy atom. The van der Waals surface area contributed by atoms with Gasteiger partial charge in [-0.2, -0.15) is 0 Å². The van der Waals surface area contributed by atoms with Gasteiger partial charge in [0.25, 0.3) is 0 Å². The maximum atomic E-state index is 12.9. The molecule has 44 heavy (non-hydrogen) atoms.